The van der Waals surface area contributed by atoms with Gasteiger partial charge in [0, 0.05) is 16.6 Å². The Morgan fingerprint density at radius 2 is 1.65 bits per heavy atom. The summed E-state index contributed by atoms with van der Waals surface area (Å²) in [7, 11) is 0. The molecule has 0 aliphatic carbocycles. The average Bonchev–Trinajstić information content (AvgIpc) is 2.79. The lowest BCUT2D eigenvalue weighted by Gasteiger charge is -2.08. The van der Waals surface area contributed by atoms with E-state index in [1.165, 1.54) is 12.1 Å². The van der Waals surface area contributed by atoms with Crippen LogP contribution in [0.1, 0.15) is 10.4 Å². The summed E-state index contributed by atoms with van der Waals surface area (Å²) in [6.45, 7) is 0. The Balaban J connectivity index is 2.05. The normalized spacial score (nSPS) is 12.8. The van der Waals surface area contributed by atoms with Crippen LogP contribution in [0.4, 0.5) is 10.1 Å². The molecule has 0 unspecified atom stereocenters. The maximum Gasteiger partial charge on any atom is 0.256 e. The molecule has 1 heterocycles. The second kappa shape index (κ2) is 3.90. The van der Waals surface area contributed by atoms with Gasteiger partial charge in [-0.05, 0) is 40.8 Å². The minimum absolute atomic E-state index is 0.0677. The zero-order valence-electron chi connectivity index (χ0n) is 10.5. The van der Waals surface area contributed by atoms with Crippen LogP contribution in [-0.4, -0.2) is 5.91 Å². The molecule has 3 aromatic carbocycles. The van der Waals surface area contributed by atoms with Crippen LogP contribution in [-0.2, 0) is 0 Å². The lowest BCUT2D eigenvalue weighted by molar-refractivity contribution is 0.103. The van der Waals surface area contributed by atoms with Crippen LogP contribution in [0, 0.1) is 5.82 Å². The van der Waals surface area contributed by atoms with Gasteiger partial charge in [-0.1, -0.05) is 30.3 Å². The lowest BCUT2D eigenvalue weighted by Crippen LogP contribution is -2.03. The zero-order valence-corrected chi connectivity index (χ0v) is 10.5. The van der Waals surface area contributed by atoms with Gasteiger partial charge in [0.25, 0.3) is 5.91 Å². The molecule has 0 bridgehead atoms. The highest BCUT2D eigenvalue weighted by molar-refractivity contribution is 6.25. The van der Waals surface area contributed by atoms with Gasteiger partial charge in [0.2, 0.25) is 0 Å². The monoisotopic (exact) mass is 263 g/mol. The molecule has 2 nitrogen and oxygen atoms in total. The van der Waals surface area contributed by atoms with Gasteiger partial charge in [-0.15, -0.1) is 0 Å². The predicted octanol–water partition coefficient (Wildman–Crippen LogP) is 4.21. The Kier molecular flexibility index (Phi) is 2.18. The number of nitrogens with one attached hydrogen (secondary N) is 1. The Morgan fingerprint density at radius 1 is 0.850 bits per heavy atom. The van der Waals surface area contributed by atoms with Crippen molar-refractivity contribution in [3.05, 3.63) is 66.0 Å². The minimum Gasteiger partial charge on any atom is -0.321 e. The largest absolute Gasteiger partial charge is 0.321 e. The summed E-state index contributed by atoms with van der Waals surface area (Å²) in [5, 5.41) is 4.81. The molecule has 20 heavy (non-hydrogen) atoms. The van der Waals surface area contributed by atoms with E-state index in [-0.39, 0.29) is 11.7 Å². The van der Waals surface area contributed by atoms with Crippen LogP contribution in [0.25, 0.3) is 21.9 Å². The molecule has 0 saturated carbocycles. The summed E-state index contributed by atoms with van der Waals surface area (Å²) in [5.41, 5.74) is 3.48. The van der Waals surface area contributed by atoms with Gasteiger partial charge in [-0.3, -0.25) is 4.79 Å². The number of benzene rings is 3. The molecule has 0 fully saturated rings. The fourth-order valence-corrected chi connectivity index (χ4v) is 2.77. The highest BCUT2D eigenvalue weighted by Crippen LogP contribution is 2.38. The Morgan fingerprint density at radius 3 is 2.45 bits per heavy atom. The standard InChI is InChI=1S/C17H10FNO/c18-11-6-4-10(5-7-11)12-8-9-15-16-13(12)2-1-3-14(16)17(20)19-15/h1-9H,(H,19,20). The molecule has 0 aromatic heterocycles. The van der Waals surface area contributed by atoms with E-state index in [1.807, 2.05) is 30.3 Å². The van der Waals surface area contributed by atoms with E-state index in [9.17, 15) is 9.18 Å². The molecule has 1 aliphatic rings. The Bertz CT molecular complexity index is 853. The van der Waals surface area contributed by atoms with Crippen molar-refractivity contribution in [2.75, 3.05) is 5.32 Å². The number of hydrogen-bond donors (Lipinski definition) is 1. The number of carbonyl (C=O) groups is 1. The van der Waals surface area contributed by atoms with E-state index in [4.69, 9.17) is 0 Å². The summed E-state index contributed by atoms with van der Waals surface area (Å²) in [6.07, 6.45) is 0. The van der Waals surface area contributed by atoms with E-state index < -0.39 is 0 Å². The van der Waals surface area contributed by atoms with Gasteiger partial charge in [0.05, 0.1) is 0 Å². The fraction of sp³-hybridized carbons (Fsp3) is 0. The first kappa shape index (κ1) is 11.2. The molecule has 1 amide bonds. The molecule has 0 radical (unpaired) electrons. The van der Waals surface area contributed by atoms with Crippen LogP contribution in [0.5, 0.6) is 0 Å². The molecule has 0 spiro atoms. The van der Waals surface area contributed by atoms with Gasteiger partial charge < -0.3 is 5.32 Å². The second-order valence-corrected chi connectivity index (χ2v) is 4.85. The van der Waals surface area contributed by atoms with Crippen LogP contribution < -0.4 is 5.32 Å². The van der Waals surface area contributed by atoms with E-state index >= 15 is 0 Å². The third-order valence-corrected chi connectivity index (χ3v) is 3.69. The van der Waals surface area contributed by atoms with E-state index in [0.29, 0.717) is 5.56 Å². The van der Waals surface area contributed by atoms with Crippen molar-refractivity contribution in [3.63, 3.8) is 0 Å². The third kappa shape index (κ3) is 1.46. The van der Waals surface area contributed by atoms with E-state index in [0.717, 1.165) is 27.6 Å². The van der Waals surface area contributed by atoms with Crippen molar-refractivity contribution >= 4 is 22.4 Å². The molecule has 96 valence electrons. The van der Waals surface area contributed by atoms with E-state index in [2.05, 4.69) is 5.32 Å². The Hall–Kier alpha value is -2.68. The quantitative estimate of drug-likeness (QED) is 0.700. The molecule has 4 rings (SSSR count). The first-order valence-corrected chi connectivity index (χ1v) is 6.37. The molecule has 3 heteroatoms. The predicted molar refractivity (Wildman–Crippen MR) is 77.3 cm³/mol. The van der Waals surface area contributed by atoms with Crippen molar-refractivity contribution in [2.45, 2.75) is 0 Å². The average molecular weight is 263 g/mol. The first-order valence-electron chi connectivity index (χ1n) is 6.37. The van der Waals surface area contributed by atoms with Crippen molar-refractivity contribution < 1.29 is 9.18 Å². The van der Waals surface area contributed by atoms with Gasteiger partial charge >= 0.3 is 0 Å². The Labute approximate surface area is 114 Å². The lowest BCUT2D eigenvalue weighted by atomic mass is 9.96. The number of rotatable bonds is 1. The minimum atomic E-state index is -0.253. The van der Waals surface area contributed by atoms with Crippen molar-refractivity contribution in [1.82, 2.24) is 0 Å². The molecule has 1 N–H and O–H groups in total. The SMILES string of the molecule is O=C1Nc2ccc(-c3ccc(F)cc3)c3cccc1c23. The first-order chi connectivity index (χ1) is 9.74. The topological polar surface area (TPSA) is 29.1 Å². The third-order valence-electron chi connectivity index (χ3n) is 3.69. The van der Waals surface area contributed by atoms with Crippen LogP contribution >= 0.6 is 0 Å². The summed E-state index contributed by atoms with van der Waals surface area (Å²) in [4.78, 5) is 11.9. The van der Waals surface area contributed by atoms with Crippen LogP contribution in [0.3, 0.4) is 0 Å². The smallest absolute Gasteiger partial charge is 0.256 e. The summed E-state index contributed by atoms with van der Waals surface area (Å²) < 4.78 is 13.1. The number of anilines is 1. The van der Waals surface area contributed by atoms with Crippen LogP contribution in [0.15, 0.2) is 54.6 Å². The van der Waals surface area contributed by atoms with Crippen LogP contribution in [0.2, 0.25) is 0 Å². The molecular weight excluding hydrogens is 253 g/mol. The van der Waals surface area contributed by atoms with Crippen molar-refractivity contribution in [2.24, 2.45) is 0 Å². The molecular formula is C17H10FNO. The van der Waals surface area contributed by atoms with Crippen molar-refractivity contribution in [1.29, 1.82) is 0 Å². The molecule has 0 saturated heterocycles. The second-order valence-electron chi connectivity index (χ2n) is 4.85. The molecule has 1 aliphatic heterocycles. The maximum atomic E-state index is 13.1. The summed E-state index contributed by atoms with van der Waals surface area (Å²) in [5.74, 6) is -0.321. The number of amides is 1. The number of halogens is 1. The highest BCUT2D eigenvalue weighted by Gasteiger charge is 2.22. The number of hydrogen-bond acceptors (Lipinski definition) is 1. The highest BCUT2D eigenvalue weighted by atomic mass is 19.1. The summed E-state index contributed by atoms with van der Waals surface area (Å²) in [6, 6.07) is 15.9. The maximum absolute atomic E-state index is 13.1. The zero-order chi connectivity index (χ0) is 13.7. The summed E-state index contributed by atoms with van der Waals surface area (Å²) >= 11 is 0. The van der Waals surface area contributed by atoms with Gasteiger partial charge in [-0.25, -0.2) is 4.39 Å². The fourth-order valence-electron chi connectivity index (χ4n) is 2.77. The van der Waals surface area contributed by atoms with Gasteiger partial charge in [0.15, 0.2) is 0 Å². The number of carbonyl (C=O) groups excluding carboxylic acids is 1. The van der Waals surface area contributed by atoms with Gasteiger partial charge in [-0.2, -0.15) is 0 Å². The molecule has 3 aromatic rings. The van der Waals surface area contributed by atoms with Gasteiger partial charge in [0.1, 0.15) is 5.82 Å². The van der Waals surface area contributed by atoms with E-state index in [1.54, 1.807) is 12.1 Å². The van der Waals surface area contributed by atoms with Crippen molar-refractivity contribution in [3.8, 4) is 11.1 Å². The molecule has 0 atom stereocenters.